The summed E-state index contributed by atoms with van der Waals surface area (Å²) in [4.78, 5) is 4.56. The van der Waals surface area contributed by atoms with Gasteiger partial charge < -0.3 is 10.1 Å². The Morgan fingerprint density at radius 1 is 1.11 bits per heavy atom. The van der Waals surface area contributed by atoms with E-state index in [-0.39, 0.29) is 5.41 Å². The molecule has 1 aliphatic heterocycles. The number of ether oxygens (including phenoxy) is 1. The summed E-state index contributed by atoms with van der Waals surface area (Å²) < 4.78 is 5.41. The second-order valence-corrected chi connectivity index (χ2v) is 5.51. The molecule has 1 saturated heterocycles. The van der Waals surface area contributed by atoms with E-state index in [1.807, 2.05) is 0 Å². The first kappa shape index (κ1) is 14.2. The molecule has 2 rings (SSSR count). The number of hydrogen-bond acceptors (Lipinski definition) is 5. The van der Waals surface area contributed by atoms with Gasteiger partial charge in [-0.3, -0.25) is 0 Å². The minimum Gasteiger partial charge on any atom is -0.381 e. The van der Waals surface area contributed by atoms with E-state index in [1.54, 1.807) is 0 Å². The molecule has 0 aromatic carbocycles. The standard InChI is InChI=1S/C14H24N4O/c1-4-11-12(5-2)17-18-13(16-11)15-10-14(3)6-8-19-9-7-14/h4-10H2,1-3H3,(H,15,16,18). The van der Waals surface area contributed by atoms with Crippen LogP contribution in [-0.2, 0) is 17.6 Å². The van der Waals surface area contributed by atoms with Crippen LogP contribution < -0.4 is 5.32 Å². The maximum Gasteiger partial charge on any atom is 0.242 e. The van der Waals surface area contributed by atoms with E-state index < -0.39 is 0 Å². The van der Waals surface area contributed by atoms with Crippen LogP contribution >= 0.6 is 0 Å². The number of rotatable bonds is 5. The zero-order valence-corrected chi connectivity index (χ0v) is 12.2. The van der Waals surface area contributed by atoms with E-state index in [9.17, 15) is 0 Å². The van der Waals surface area contributed by atoms with Crippen molar-refractivity contribution >= 4 is 5.95 Å². The Hall–Kier alpha value is -1.23. The van der Waals surface area contributed by atoms with Crippen LogP contribution in [0.2, 0.25) is 0 Å². The van der Waals surface area contributed by atoms with E-state index in [1.165, 1.54) is 0 Å². The minimum atomic E-state index is 0.275. The molecule has 0 unspecified atom stereocenters. The van der Waals surface area contributed by atoms with Crippen LogP contribution in [0.5, 0.6) is 0 Å². The number of aromatic nitrogens is 3. The number of hydrogen-bond donors (Lipinski definition) is 1. The molecule has 1 aromatic rings. The fraction of sp³-hybridized carbons (Fsp3) is 0.786. The van der Waals surface area contributed by atoms with Gasteiger partial charge in [0.05, 0.1) is 11.4 Å². The highest BCUT2D eigenvalue weighted by Gasteiger charge is 2.27. The molecular weight excluding hydrogens is 240 g/mol. The molecule has 1 aromatic heterocycles. The Labute approximate surface area is 115 Å². The summed E-state index contributed by atoms with van der Waals surface area (Å²) >= 11 is 0. The molecule has 0 radical (unpaired) electrons. The van der Waals surface area contributed by atoms with Crippen LogP contribution in [0.15, 0.2) is 0 Å². The SMILES string of the molecule is CCc1nnc(NCC2(C)CCOCC2)nc1CC. The fourth-order valence-electron chi connectivity index (χ4n) is 2.35. The first-order chi connectivity index (χ1) is 9.17. The van der Waals surface area contributed by atoms with Gasteiger partial charge in [-0.15, -0.1) is 5.10 Å². The first-order valence-electron chi connectivity index (χ1n) is 7.21. The van der Waals surface area contributed by atoms with Gasteiger partial charge in [-0.2, -0.15) is 5.10 Å². The normalized spacial score (nSPS) is 18.3. The Morgan fingerprint density at radius 2 is 1.79 bits per heavy atom. The van der Waals surface area contributed by atoms with Crippen molar-refractivity contribution in [2.75, 3.05) is 25.1 Å². The predicted octanol–water partition coefficient (Wildman–Crippen LogP) is 2.22. The van der Waals surface area contributed by atoms with E-state index in [0.29, 0.717) is 5.95 Å². The van der Waals surface area contributed by atoms with Gasteiger partial charge in [0.25, 0.3) is 0 Å². The second-order valence-electron chi connectivity index (χ2n) is 5.51. The number of anilines is 1. The average molecular weight is 264 g/mol. The smallest absolute Gasteiger partial charge is 0.242 e. The van der Waals surface area contributed by atoms with E-state index >= 15 is 0 Å². The summed E-state index contributed by atoms with van der Waals surface area (Å²) in [6, 6.07) is 0. The molecule has 5 heteroatoms. The fourth-order valence-corrected chi connectivity index (χ4v) is 2.35. The van der Waals surface area contributed by atoms with Crippen molar-refractivity contribution < 1.29 is 4.74 Å². The summed E-state index contributed by atoms with van der Waals surface area (Å²) in [5, 5.41) is 11.8. The highest BCUT2D eigenvalue weighted by molar-refractivity contribution is 5.26. The van der Waals surface area contributed by atoms with Crippen molar-refractivity contribution in [3.63, 3.8) is 0 Å². The molecule has 0 amide bonds. The van der Waals surface area contributed by atoms with Crippen molar-refractivity contribution in [2.24, 2.45) is 5.41 Å². The van der Waals surface area contributed by atoms with E-state index in [2.05, 4.69) is 41.3 Å². The maximum atomic E-state index is 5.41. The lowest BCUT2D eigenvalue weighted by molar-refractivity contribution is 0.0299. The lowest BCUT2D eigenvalue weighted by Crippen LogP contribution is -2.33. The van der Waals surface area contributed by atoms with Crippen LogP contribution in [0.3, 0.4) is 0 Å². The highest BCUT2D eigenvalue weighted by Crippen LogP contribution is 2.29. The zero-order valence-electron chi connectivity index (χ0n) is 12.2. The van der Waals surface area contributed by atoms with Gasteiger partial charge in [0.15, 0.2) is 0 Å². The molecule has 5 nitrogen and oxygen atoms in total. The van der Waals surface area contributed by atoms with Crippen LogP contribution in [0, 0.1) is 5.41 Å². The first-order valence-corrected chi connectivity index (χ1v) is 7.21. The van der Waals surface area contributed by atoms with Crippen molar-refractivity contribution in [3.8, 4) is 0 Å². The molecule has 1 fully saturated rings. The summed E-state index contributed by atoms with van der Waals surface area (Å²) in [5.74, 6) is 0.654. The molecule has 0 atom stereocenters. The molecular formula is C14H24N4O. The summed E-state index contributed by atoms with van der Waals surface area (Å²) in [7, 11) is 0. The van der Waals surface area contributed by atoms with Gasteiger partial charge in [0, 0.05) is 19.8 Å². The Bertz CT molecular complexity index is 416. The monoisotopic (exact) mass is 264 g/mol. The molecule has 0 saturated carbocycles. The van der Waals surface area contributed by atoms with Crippen molar-refractivity contribution in [1.82, 2.24) is 15.2 Å². The molecule has 1 N–H and O–H groups in total. The van der Waals surface area contributed by atoms with Gasteiger partial charge in [-0.05, 0) is 31.1 Å². The Morgan fingerprint density at radius 3 is 2.42 bits per heavy atom. The molecule has 0 spiro atoms. The van der Waals surface area contributed by atoms with E-state index in [0.717, 1.165) is 56.8 Å². The van der Waals surface area contributed by atoms with Crippen molar-refractivity contribution in [2.45, 2.75) is 46.5 Å². The number of nitrogens with zero attached hydrogens (tertiary/aromatic N) is 3. The number of nitrogens with one attached hydrogen (secondary N) is 1. The van der Waals surface area contributed by atoms with Gasteiger partial charge in [0.1, 0.15) is 0 Å². The number of aryl methyl sites for hydroxylation is 2. The summed E-state index contributed by atoms with van der Waals surface area (Å²) in [6.07, 6.45) is 3.96. The van der Waals surface area contributed by atoms with Gasteiger partial charge in [-0.1, -0.05) is 20.8 Å². The lowest BCUT2D eigenvalue weighted by Gasteiger charge is -2.33. The molecule has 106 valence electrons. The third-order valence-corrected chi connectivity index (χ3v) is 3.88. The van der Waals surface area contributed by atoms with Gasteiger partial charge in [-0.25, -0.2) is 4.98 Å². The van der Waals surface area contributed by atoms with Crippen LogP contribution in [0.1, 0.15) is 45.0 Å². The Kier molecular flexibility index (Phi) is 4.69. The average Bonchev–Trinajstić information content (AvgIpc) is 2.45. The molecule has 0 bridgehead atoms. The van der Waals surface area contributed by atoms with Crippen molar-refractivity contribution in [3.05, 3.63) is 11.4 Å². The quantitative estimate of drug-likeness (QED) is 0.883. The minimum absolute atomic E-state index is 0.275. The third kappa shape index (κ3) is 3.62. The highest BCUT2D eigenvalue weighted by atomic mass is 16.5. The lowest BCUT2D eigenvalue weighted by atomic mass is 9.82. The Balaban J connectivity index is 1.99. The van der Waals surface area contributed by atoms with Crippen molar-refractivity contribution in [1.29, 1.82) is 0 Å². The second kappa shape index (κ2) is 6.28. The van der Waals surface area contributed by atoms with Crippen LogP contribution in [0.25, 0.3) is 0 Å². The molecule has 1 aliphatic rings. The topological polar surface area (TPSA) is 59.9 Å². The van der Waals surface area contributed by atoms with Crippen LogP contribution in [0.4, 0.5) is 5.95 Å². The largest absolute Gasteiger partial charge is 0.381 e. The van der Waals surface area contributed by atoms with Gasteiger partial charge >= 0.3 is 0 Å². The molecule has 2 heterocycles. The van der Waals surface area contributed by atoms with E-state index in [4.69, 9.17) is 4.74 Å². The van der Waals surface area contributed by atoms with Crippen LogP contribution in [-0.4, -0.2) is 34.9 Å². The molecule has 0 aliphatic carbocycles. The zero-order chi connectivity index (χ0) is 13.7. The maximum absolute atomic E-state index is 5.41. The third-order valence-electron chi connectivity index (χ3n) is 3.88. The summed E-state index contributed by atoms with van der Waals surface area (Å²) in [5.41, 5.74) is 2.33. The summed E-state index contributed by atoms with van der Waals surface area (Å²) in [6.45, 7) is 9.07. The molecule has 19 heavy (non-hydrogen) atoms. The van der Waals surface area contributed by atoms with Gasteiger partial charge in [0.2, 0.25) is 5.95 Å². The predicted molar refractivity (Wildman–Crippen MR) is 75.2 cm³/mol.